The number of imide groups is 1. The van der Waals surface area contributed by atoms with Gasteiger partial charge in [0.2, 0.25) is 0 Å². The van der Waals surface area contributed by atoms with Gasteiger partial charge in [0, 0.05) is 12.0 Å². The Hall–Kier alpha value is -4.07. The second kappa shape index (κ2) is 8.37. The van der Waals surface area contributed by atoms with Crippen LogP contribution in [0.1, 0.15) is 29.3 Å². The maximum Gasteiger partial charge on any atom is 0.325 e. The number of hydrogen-bond donors (Lipinski definition) is 1. The topological polar surface area (TPSA) is 94.2 Å². The number of benzene rings is 3. The van der Waals surface area contributed by atoms with Crippen molar-refractivity contribution in [3.63, 3.8) is 0 Å². The van der Waals surface area contributed by atoms with Crippen LogP contribution in [0, 0.1) is 0 Å². The third-order valence-corrected chi connectivity index (χ3v) is 6.27. The van der Waals surface area contributed by atoms with Crippen LogP contribution in [-0.2, 0) is 10.3 Å². The van der Waals surface area contributed by atoms with Crippen LogP contribution in [0.3, 0.4) is 0 Å². The van der Waals surface area contributed by atoms with Gasteiger partial charge in [0.1, 0.15) is 11.3 Å². The number of ketones is 1. The van der Waals surface area contributed by atoms with E-state index in [9.17, 15) is 14.4 Å². The standard InChI is InChI=1S/C26H24N2O6/c1-26(19-7-4-17-13-20(32-2)8-5-16(17)12-19)24(30)28(25(31)27-26)15-21(29)18-6-9-22-23(14-18)34-11-3-10-33-22/h4-9,12-14H,3,10-11,15H2,1-2H3,(H,27,31). The Kier molecular flexibility index (Phi) is 5.36. The summed E-state index contributed by atoms with van der Waals surface area (Å²) in [6.07, 6.45) is 0.751. The van der Waals surface area contributed by atoms with Crippen molar-refractivity contribution in [3.8, 4) is 17.2 Å². The van der Waals surface area contributed by atoms with Gasteiger partial charge >= 0.3 is 6.03 Å². The number of urea groups is 1. The van der Waals surface area contributed by atoms with Crippen molar-refractivity contribution in [1.82, 2.24) is 10.2 Å². The van der Waals surface area contributed by atoms with Crippen molar-refractivity contribution < 1.29 is 28.6 Å². The largest absolute Gasteiger partial charge is 0.497 e. The first-order valence-electron chi connectivity index (χ1n) is 11.0. The molecule has 34 heavy (non-hydrogen) atoms. The average molecular weight is 460 g/mol. The Labute approximate surface area is 196 Å². The van der Waals surface area contributed by atoms with Gasteiger partial charge in [-0.1, -0.05) is 18.2 Å². The maximum atomic E-state index is 13.3. The third-order valence-electron chi connectivity index (χ3n) is 6.27. The molecule has 1 fully saturated rings. The van der Waals surface area contributed by atoms with Gasteiger partial charge in [-0.3, -0.25) is 14.5 Å². The van der Waals surface area contributed by atoms with Gasteiger partial charge in [-0.15, -0.1) is 0 Å². The molecule has 3 aromatic carbocycles. The minimum atomic E-state index is -1.28. The lowest BCUT2D eigenvalue weighted by Gasteiger charge is -2.22. The highest BCUT2D eigenvalue weighted by Gasteiger charge is 2.49. The van der Waals surface area contributed by atoms with Crippen molar-refractivity contribution in [2.24, 2.45) is 0 Å². The fourth-order valence-electron chi connectivity index (χ4n) is 4.27. The summed E-state index contributed by atoms with van der Waals surface area (Å²) in [7, 11) is 1.60. The summed E-state index contributed by atoms with van der Waals surface area (Å²) < 4.78 is 16.5. The Balaban J connectivity index is 1.38. The number of amides is 3. The average Bonchev–Trinajstić information content (AvgIpc) is 3.01. The lowest BCUT2D eigenvalue weighted by molar-refractivity contribution is -0.130. The van der Waals surface area contributed by atoms with E-state index in [0.717, 1.165) is 27.8 Å². The third kappa shape index (κ3) is 3.71. The molecule has 0 aromatic heterocycles. The monoisotopic (exact) mass is 460 g/mol. The zero-order valence-corrected chi connectivity index (χ0v) is 18.9. The number of fused-ring (bicyclic) bond motifs is 2. The van der Waals surface area contributed by atoms with Crippen LogP contribution >= 0.6 is 0 Å². The first-order chi connectivity index (χ1) is 16.4. The summed E-state index contributed by atoms with van der Waals surface area (Å²) in [5.74, 6) is 0.946. The quantitative estimate of drug-likeness (QED) is 0.461. The number of carbonyl (C=O) groups is 3. The molecule has 3 aromatic rings. The van der Waals surface area contributed by atoms with Crippen molar-refractivity contribution in [2.45, 2.75) is 18.9 Å². The van der Waals surface area contributed by atoms with E-state index in [2.05, 4.69) is 5.32 Å². The highest BCUT2D eigenvalue weighted by molar-refractivity contribution is 6.11. The number of hydrogen-bond acceptors (Lipinski definition) is 6. The number of nitrogens with zero attached hydrogens (tertiary/aromatic N) is 1. The van der Waals surface area contributed by atoms with Gasteiger partial charge in [0.25, 0.3) is 5.91 Å². The minimum Gasteiger partial charge on any atom is -0.497 e. The van der Waals surface area contributed by atoms with Gasteiger partial charge in [-0.05, 0) is 59.7 Å². The molecule has 0 saturated carbocycles. The molecule has 5 rings (SSSR count). The molecular weight excluding hydrogens is 436 g/mol. The van der Waals surface area contributed by atoms with Crippen LogP contribution in [-0.4, -0.2) is 49.5 Å². The summed E-state index contributed by atoms with van der Waals surface area (Å²) in [4.78, 5) is 40.0. The maximum absolute atomic E-state index is 13.3. The first kappa shape index (κ1) is 21.8. The van der Waals surface area contributed by atoms with E-state index in [0.29, 0.717) is 35.8 Å². The number of Topliss-reactive ketones (excluding diaryl/α,β-unsaturated/α-hetero) is 1. The minimum absolute atomic E-state index is 0.345. The van der Waals surface area contributed by atoms with Crippen molar-refractivity contribution in [3.05, 3.63) is 65.7 Å². The highest BCUT2D eigenvalue weighted by atomic mass is 16.5. The molecule has 2 aliphatic rings. The van der Waals surface area contributed by atoms with E-state index < -0.39 is 17.5 Å². The molecule has 2 aliphatic heterocycles. The molecule has 8 nitrogen and oxygen atoms in total. The molecule has 1 saturated heterocycles. The zero-order valence-electron chi connectivity index (χ0n) is 18.9. The Bertz CT molecular complexity index is 1320. The van der Waals surface area contributed by atoms with Crippen molar-refractivity contribution >= 4 is 28.5 Å². The van der Waals surface area contributed by atoms with Crippen LogP contribution < -0.4 is 19.5 Å². The molecule has 0 bridgehead atoms. The first-order valence-corrected chi connectivity index (χ1v) is 11.0. The van der Waals surface area contributed by atoms with E-state index in [1.165, 1.54) is 0 Å². The van der Waals surface area contributed by atoms with Crippen LogP contribution in [0.5, 0.6) is 17.2 Å². The smallest absolute Gasteiger partial charge is 0.325 e. The number of carbonyl (C=O) groups excluding carboxylic acids is 3. The Morgan fingerprint density at radius 3 is 2.53 bits per heavy atom. The van der Waals surface area contributed by atoms with Crippen molar-refractivity contribution in [2.75, 3.05) is 26.9 Å². The molecule has 0 spiro atoms. The van der Waals surface area contributed by atoms with E-state index >= 15 is 0 Å². The Morgan fingerprint density at radius 1 is 1.00 bits per heavy atom. The fraction of sp³-hybridized carbons (Fsp3) is 0.269. The number of nitrogens with one attached hydrogen (secondary N) is 1. The molecule has 0 aliphatic carbocycles. The Morgan fingerprint density at radius 2 is 1.74 bits per heavy atom. The van der Waals surface area contributed by atoms with Crippen LogP contribution in [0.2, 0.25) is 0 Å². The van der Waals surface area contributed by atoms with E-state index in [-0.39, 0.29) is 12.3 Å². The van der Waals surface area contributed by atoms with Gasteiger partial charge in [0.05, 0.1) is 26.9 Å². The predicted molar refractivity (Wildman–Crippen MR) is 124 cm³/mol. The molecule has 2 heterocycles. The molecule has 1 unspecified atom stereocenters. The van der Waals surface area contributed by atoms with Crippen LogP contribution in [0.4, 0.5) is 4.79 Å². The van der Waals surface area contributed by atoms with Crippen LogP contribution in [0.25, 0.3) is 10.8 Å². The van der Waals surface area contributed by atoms with Gasteiger partial charge in [-0.2, -0.15) is 0 Å². The molecule has 1 atom stereocenters. The predicted octanol–water partition coefficient (Wildman–Crippen LogP) is 3.66. The zero-order chi connectivity index (χ0) is 23.9. The number of rotatable bonds is 5. The number of methoxy groups -OCH3 is 1. The molecule has 8 heteroatoms. The summed E-state index contributed by atoms with van der Waals surface area (Å²) in [6, 6.07) is 15.5. The SMILES string of the molecule is COc1ccc2cc(C3(C)NC(=O)N(CC(=O)c4ccc5c(c4)OCCCO5)C3=O)ccc2c1. The fourth-order valence-corrected chi connectivity index (χ4v) is 4.27. The van der Waals surface area contributed by atoms with Gasteiger partial charge in [0.15, 0.2) is 17.3 Å². The van der Waals surface area contributed by atoms with Gasteiger partial charge < -0.3 is 19.5 Å². The second-order valence-electron chi connectivity index (χ2n) is 8.51. The summed E-state index contributed by atoms with van der Waals surface area (Å²) in [6.45, 7) is 2.32. The van der Waals surface area contributed by atoms with E-state index in [1.807, 2.05) is 30.3 Å². The molecule has 174 valence electrons. The van der Waals surface area contributed by atoms with Crippen LogP contribution in [0.15, 0.2) is 54.6 Å². The van der Waals surface area contributed by atoms with Crippen molar-refractivity contribution in [1.29, 1.82) is 0 Å². The highest BCUT2D eigenvalue weighted by Crippen LogP contribution is 2.33. The van der Waals surface area contributed by atoms with Gasteiger partial charge in [-0.25, -0.2) is 4.79 Å². The number of ether oxygens (including phenoxy) is 3. The molecule has 1 N–H and O–H groups in total. The summed E-state index contributed by atoms with van der Waals surface area (Å²) >= 11 is 0. The lowest BCUT2D eigenvalue weighted by atomic mass is 9.90. The lowest BCUT2D eigenvalue weighted by Crippen LogP contribution is -2.41. The summed E-state index contributed by atoms with van der Waals surface area (Å²) in [5.41, 5.74) is -0.303. The molecule has 0 radical (unpaired) electrons. The summed E-state index contributed by atoms with van der Waals surface area (Å²) in [5, 5.41) is 4.62. The molecular formula is C26H24N2O6. The molecule has 3 amide bonds. The normalized spacial score (nSPS) is 19.6. The van der Waals surface area contributed by atoms with E-state index in [4.69, 9.17) is 14.2 Å². The van der Waals surface area contributed by atoms with E-state index in [1.54, 1.807) is 38.3 Å². The second-order valence-corrected chi connectivity index (χ2v) is 8.51.